The van der Waals surface area contributed by atoms with Crippen molar-refractivity contribution >= 4 is 11.8 Å². The maximum Gasteiger partial charge on any atom is 0.404 e. The molecule has 0 radical (unpaired) electrons. The lowest BCUT2D eigenvalue weighted by Crippen LogP contribution is -2.48. The fourth-order valence-corrected chi connectivity index (χ4v) is 2.50. The van der Waals surface area contributed by atoms with Gasteiger partial charge in [-0.15, -0.1) is 0 Å². The minimum absolute atomic E-state index is 0.256. The molecule has 6 heteroatoms. The molecule has 0 fully saturated rings. The zero-order valence-corrected chi connectivity index (χ0v) is 13.4. The second kappa shape index (κ2) is 8.90. The molecule has 0 aliphatic rings. The van der Waals surface area contributed by atoms with Crippen LogP contribution >= 0.6 is 0 Å². The molecular weight excluding hydrogens is 306 g/mol. The van der Waals surface area contributed by atoms with E-state index in [9.17, 15) is 9.90 Å². The van der Waals surface area contributed by atoms with Gasteiger partial charge >= 0.3 is 6.09 Å². The van der Waals surface area contributed by atoms with Gasteiger partial charge in [0, 0.05) is 18.8 Å². The number of para-hydroxylation sites is 1. The van der Waals surface area contributed by atoms with E-state index in [1.54, 1.807) is 0 Å². The van der Waals surface area contributed by atoms with Crippen LogP contribution in [0.3, 0.4) is 0 Å². The van der Waals surface area contributed by atoms with Gasteiger partial charge in [-0.1, -0.05) is 48.5 Å². The van der Waals surface area contributed by atoms with Crippen molar-refractivity contribution in [3.63, 3.8) is 0 Å². The molecule has 0 heterocycles. The molecular formula is C18H23N3O3. The number of nitrogen functional groups attached to an aromatic ring is 1. The number of rotatable bonds is 8. The third kappa shape index (κ3) is 5.57. The Hall–Kier alpha value is -2.57. The van der Waals surface area contributed by atoms with E-state index in [1.807, 2.05) is 54.6 Å². The van der Waals surface area contributed by atoms with Crippen molar-refractivity contribution in [2.24, 2.45) is 0 Å². The van der Waals surface area contributed by atoms with E-state index in [-0.39, 0.29) is 6.54 Å². The standard InChI is InChI=1S/C18H23N3O3/c19-15-9-5-4-8-14(15)11-20-12-17(22)16(21-18(23)24)10-13-6-2-1-3-7-13/h1-9,16-17,20-22H,10-12,19H2,(H,23,24). The number of anilines is 1. The Bertz CT molecular complexity index is 649. The molecule has 2 atom stereocenters. The average Bonchev–Trinajstić information content (AvgIpc) is 2.56. The second-order valence-corrected chi connectivity index (χ2v) is 5.64. The van der Waals surface area contributed by atoms with E-state index < -0.39 is 18.2 Å². The Morgan fingerprint density at radius 3 is 2.42 bits per heavy atom. The molecule has 0 saturated heterocycles. The molecule has 2 unspecified atom stereocenters. The van der Waals surface area contributed by atoms with Crippen molar-refractivity contribution in [2.75, 3.05) is 12.3 Å². The smallest absolute Gasteiger partial charge is 0.404 e. The fraction of sp³-hybridized carbons (Fsp3) is 0.278. The Kier molecular flexibility index (Phi) is 6.60. The molecule has 0 aliphatic heterocycles. The number of hydrogen-bond donors (Lipinski definition) is 5. The van der Waals surface area contributed by atoms with E-state index in [4.69, 9.17) is 10.8 Å². The maximum atomic E-state index is 11.0. The molecule has 6 nitrogen and oxygen atoms in total. The molecule has 2 aromatic rings. The van der Waals surface area contributed by atoms with Crippen LogP contribution in [0.5, 0.6) is 0 Å². The number of aliphatic hydroxyl groups excluding tert-OH is 1. The highest BCUT2D eigenvalue weighted by Gasteiger charge is 2.21. The first-order valence-corrected chi connectivity index (χ1v) is 7.82. The summed E-state index contributed by atoms with van der Waals surface area (Å²) in [4.78, 5) is 11.0. The zero-order valence-electron chi connectivity index (χ0n) is 13.4. The summed E-state index contributed by atoms with van der Waals surface area (Å²) in [5.41, 5.74) is 8.46. The predicted octanol–water partition coefficient (Wildman–Crippen LogP) is 1.60. The molecule has 2 rings (SSSR count). The van der Waals surface area contributed by atoms with E-state index in [0.717, 1.165) is 11.1 Å². The molecule has 1 amide bonds. The minimum Gasteiger partial charge on any atom is -0.465 e. The fourth-order valence-electron chi connectivity index (χ4n) is 2.50. The molecule has 0 saturated carbocycles. The van der Waals surface area contributed by atoms with E-state index in [2.05, 4.69) is 10.6 Å². The SMILES string of the molecule is Nc1ccccc1CNCC(O)C(Cc1ccccc1)NC(=O)O. The van der Waals surface area contributed by atoms with E-state index in [1.165, 1.54) is 0 Å². The monoisotopic (exact) mass is 329 g/mol. The molecule has 0 aliphatic carbocycles. The molecule has 2 aromatic carbocycles. The largest absolute Gasteiger partial charge is 0.465 e. The first-order valence-electron chi connectivity index (χ1n) is 7.82. The normalized spacial score (nSPS) is 13.2. The van der Waals surface area contributed by atoms with Crippen LogP contribution < -0.4 is 16.4 Å². The minimum atomic E-state index is -1.15. The molecule has 0 aromatic heterocycles. The number of carbonyl (C=O) groups is 1. The summed E-state index contributed by atoms with van der Waals surface area (Å²) in [5.74, 6) is 0. The molecule has 24 heavy (non-hydrogen) atoms. The van der Waals surface area contributed by atoms with Gasteiger partial charge in [0.05, 0.1) is 12.1 Å². The van der Waals surface area contributed by atoms with Gasteiger partial charge in [0.1, 0.15) is 0 Å². The van der Waals surface area contributed by atoms with Gasteiger partial charge in [0.15, 0.2) is 0 Å². The van der Waals surface area contributed by atoms with Crippen LogP contribution in [0.2, 0.25) is 0 Å². The average molecular weight is 329 g/mol. The lowest BCUT2D eigenvalue weighted by Gasteiger charge is -2.23. The van der Waals surface area contributed by atoms with Gasteiger partial charge in [-0.05, 0) is 23.6 Å². The van der Waals surface area contributed by atoms with Crippen LogP contribution in [0.1, 0.15) is 11.1 Å². The van der Waals surface area contributed by atoms with Crippen LogP contribution in [-0.2, 0) is 13.0 Å². The van der Waals surface area contributed by atoms with E-state index in [0.29, 0.717) is 18.7 Å². The highest BCUT2D eigenvalue weighted by atomic mass is 16.4. The highest BCUT2D eigenvalue weighted by molar-refractivity contribution is 5.65. The first-order chi connectivity index (χ1) is 11.6. The van der Waals surface area contributed by atoms with Crippen molar-refractivity contribution < 1.29 is 15.0 Å². The summed E-state index contributed by atoms with van der Waals surface area (Å²) in [6.45, 7) is 0.765. The van der Waals surface area contributed by atoms with E-state index >= 15 is 0 Å². The van der Waals surface area contributed by atoms with Crippen LogP contribution in [-0.4, -0.2) is 35.0 Å². The van der Waals surface area contributed by atoms with Crippen LogP contribution in [0.15, 0.2) is 54.6 Å². The molecule has 128 valence electrons. The number of hydrogen-bond acceptors (Lipinski definition) is 4. The quantitative estimate of drug-likeness (QED) is 0.473. The summed E-state index contributed by atoms with van der Waals surface area (Å²) in [7, 11) is 0. The zero-order chi connectivity index (χ0) is 17.4. The third-order valence-corrected chi connectivity index (χ3v) is 3.80. The van der Waals surface area contributed by atoms with Crippen molar-refractivity contribution in [2.45, 2.75) is 25.1 Å². The Morgan fingerprint density at radius 2 is 1.75 bits per heavy atom. The van der Waals surface area contributed by atoms with Crippen molar-refractivity contribution in [1.29, 1.82) is 0 Å². The summed E-state index contributed by atoms with van der Waals surface area (Å²) in [6.07, 6.45) is -1.59. The van der Waals surface area contributed by atoms with Crippen LogP contribution in [0.25, 0.3) is 0 Å². The third-order valence-electron chi connectivity index (χ3n) is 3.80. The lowest BCUT2D eigenvalue weighted by atomic mass is 10.0. The predicted molar refractivity (Wildman–Crippen MR) is 93.7 cm³/mol. The number of nitrogens with two attached hydrogens (primary N) is 1. The van der Waals surface area contributed by atoms with Gasteiger partial charge in [-0.2, -0.15) is 0 Å². The molecule has 6 N–H and O–H groups in total. The van der Waals surface area contributed by atoms with Crippen LogP contribution in [0.4, 0.5) is 10.5 Å². The Morgan fingerprint density at radius 1 is 1.08 bits per heavy atom. The summed E-state index contributed by atoms with van der Waals surface area (Å²) < 4.78 is 0. The molecule has 0 spiro atoms. The number of aliphatic hydroxyl groups is 1. The summed E-state index contributed by atoms with van der Waals surface area (Å²) in [6, 6.07) is 16.4. The molecule has 0 bridgehead atoms. The van der Waals surface area contributed by atoms with Gasteiger partial charge in [0.25, 0.3) is 0 Å². The number of benzene rings is 2. The highest BCUT2D eigenvalue weighted by Crippen LogP contribution is 2.10. The number of carboxylic acid groups (broad SMARTS) is 1. The Balaban J connectivity index is 1.91. The first kappa shape index (κ1) is 17.8. The van der Waals surface area contributed by atoms with Crippen molar-refractivity contribution in [3.05, 3.63) is 65.7 Å². The Labute approximate surface area is 141 Å². The van der Waals surface area contributed by atoms with Crippen LogP contribution in [0, 0.1) is 0 Å². The van der Waals surface area contributed by atoms with Gasteiger partial charge in [-0.25, -0.2) is 4.79 Å². The number of amides is 1. The number of nitrogens with one attached hydrogen (secondary N) is 2. The van der Waals surface area contributed by atoms with Gasteiger partial charge < -0.3 is 26.6 Å². The van der Waals surface area contributed by atoms with Crippen molar-refractivity contribution in [3.8, 4) is 0 Å². The van der Waals surface area contributed by atoms with Crippen molar-refractivity contribution in [1.82, 2.24) is 10.6 Å². The maximum absolute atomic E-state index is 11.0. The summed E-state index contributed by atoms with van der Waals surface area (Å²) in [5, 5.41) is 24.8. The lowest BCUT2D eigenvalue weighted by molar-refractivity contribution is 0.117. The van der Waals surface area contributed by atoms with Gasteiger partial charge in [-0.3, -0.25) is 0 Å². The second-order valence-electron chi connectivity index (χ2n) is 5.64. The van der Waals surface area contributed by atoms with Gasteiger partial charge in [0.2, 0.25) is 0 Å². The topological polar surface area (TPSA) is 108 Å². The summed E-state index contributed by atoms with van der Waals surface area (Å²) >= 11 is 0.